The number of hydrogen-bond acceptors (Lipinski definition) is 3. The third kappa shape index (κ3) is 4.30. The van der Waals surface area contributed by atoms with Gasteiger partial charge in [-0.3, -0.25) is 0 Å². The van der Waals surface area contributed by atoms with Gasteiger partial charge >= 0.3 is 6.09 Å². The largest absolute Gasteiger partial charge is 0.445 e. The Balaban J connectivity index is 1.76. The zero-order chi connectivity index (χ0) is 14.4. The summed E-state index contributed by atoms with van der Waals surface area (Å²) in [6, 6.07) is 9.90. The summed E-state index contributed by atoms with van der Waals surface area (Å²) in [6.07, 6.45) is 2.75. The van der Waals surface area contributed by atoms with Crippen LogP contribution in [0.3, 0.4) is 0 Å². The van der Waals surface area contributed by atoms with E-state index in [0.717, 1.165) is 24.8 Å². The molecule has 1 saturated carbocycles. The molecule has 1 fully saturated rings. The first-order valence-corrected chi connectivity index (χ1v) is 7.58. The van der Waals surface area contributed by atoms with E-state index in [0.29, 0.717) is 18.4 Å². The number of nitrogens with one attached hydrogen (secondary N) is 1. The van der Waals surface area contributed by atoms with Crippen molar-refractivity contribution in [3.05, 3.63) is 35.9 Å². The van der Waals surface area contributed by atoms with Crippen LogP contribution in [-0.4, -0.2) is 17.5 Å². The Kier molecular flexibility index (Phi) is 5.53. The number of rotatable bonds is 4. The molecule has 0 radical (unpaired) electrons. The third-order valence-corrected chi connectivity index (χ3v) is 4.30. The predicted octanol–water partition coefficient (Wildman–Crippen LogP) is 3.72. The predicted molar refractivity (Wildman–Crippen MR) is 83.7 cm³/mol. The van der Waals surface area contributed by atoms with E-state index in [1.165, 1.54) is 0 Å². The first-order chi connectivity index (χ1) is 9.69. The number of benzene rings is 1. The molecule has 4 heteroatoms. The van der Waals surface area contributed by atoms with Crippen LogP contribution < -0.4 is 5.32 Å². The number of thiocarbonyl (C=S) groups is 1. The van der Waals surface area contributed by atoms with Gasteiger partial charge in [-0.2, -0.15) is 0 Å². The monoisotopic (exact) mass is 291 g/mol. The Labute approximate surface area is 125 Å². The quantitative estimate of drug-likeness (QED) is 0.859. The lowest BCUT2D eigenvalue weighted by Gasteiger charge is -2.32. The Hall–Kier alpha value is -1.42. The highest BCUT2D eigenvalue weighted by molar-refractivity contribution is 7.79. The summed E-state index contributed by atoms with van der Waals surface area (Å²) in [7, 11) is 0. The number of hydrogen-bond donors (Lipinski definition) is 1. The molecule has 0 bridgehead atoms. The second-order valence-electron chi connectivity index (χ2n) is 5.50. The van der Waals surface area contributed by atoms with Crippen molar-refractivity contribution in [3.63, 3.8) is 0 Å². The average Bonchev–Trinajstić information content (AvgIpc) is 2.48. The molecular formula is C16H21NO2S. The molecule has 1 amide bonds. The minimum atomic E-state index is -0.327. The summed E-state index contributed by atoms with van der Waals surface area (Å²) in [4.78, 5) is 11.8. The molecule has 20 heavy (non-hydrogen) atoms. The molecule has 0 saturated heterocycles. The zero-order valence-corrected chi connectivity index (χ0v) is 12.6. The van der Waals surface area contributed by atoms with Crippen molar-refractivity contribution in [3.8, 4) is 0 Å². The van der Waals surface area contributed by atoms with Gasteiger partial charge in [-0.1, -0.05) is 49.5 Å². The molecule has 1 aromatic carbocycles. The summed E-state index contributed by atoms with van der Waals surface area (Å²) < 4.78 is 5.25. The topological polar surface area (TPSA) is 38.3 Å². The molecule has 0 spiro atoms. The minimum absolute atomic E-state index is 0.199. The van der Waals surface area contributed by atoms with Crippen molar-refractivity contribution < 1.29 is 9.53 Å². The SMILES string of the molecule is C[C@@H]1CC(C=S)CC[C@@H]1NC(=O)OCc1ccccc1. The summed E-state index contributed by atoms with van der Waals surface area (Å²) in [5.74, 6) is 0.954. The summed E-state index contributed by atoms with van der Waals surface area (Å²) >= 11 is 5.01. The van der Waals surface area contributed by atoms with Crippen LogP contribution in [0.2, 0.25) is 0 Å². The Morgan fingerprint density at radius 1 is 1.40 bits per heavy atom. The van der Waals surface area contributed by atoms with Crippen molar-refractivity contribution in [1.29, 1.82) is 0 Å². The van der Waals surface area contributed by atoms with Gasteiger partial charge in [0.15, 0.2) is 0 Å². The van der Waals surface area contributed by atoms with Crippen LogP contribution in [0.5, 0.6) is 0 Å². The number of ether oxygens (including phenoxy) is 1. The van der Waals surface area contributed by atoms with Gasteiger partial charge in [0.05, 0.1) is 0 Å². The van der Waals surface area contributed by atoms with E-state index in [-0.39, 0.29) is 12.1 Å². The van der Waals surface area contributed by atoms with Gasteiger partial charge in [-0.25, -0.2) is 4.79 Å². The minimum Gasteiger partial charge on any atom is -0.445 e. The van der Waals surface area contributed by atoms with E-state index in [9.17, 15) is 4.79 Å². The molecular weight excluding hydrogens is 270 g/mol. The molecule has 3 nitrogen and oxygen atoms in total. The van der Waals surface area contributed by atoms with Crippen LogP contribution >= 0.6 is 12.2 Å². The fraction of sp³-hybridized carbons (Fsp3) is 0.500. The van der Waals surface area contributed by atoms with Crippen molar-refractivity contribution in [2.75, 3.05) is 0 Å². The molecule has 0 heterocycles. The summed E-state index contributed by atoms with van der Waals surface area (Å²) in [5, 5.41) is 4.84. The van der Waals surface area contributed by atoms with E-state index in [1.54, 1.807) is 0 Å². The highest BCUT2D eigenvalue weighted by atomic mass is 32.1. The van der Waals surface area contributed by atoms with Gasteiger partial charge in [0.2, 0.25) is 0 Å². The lowest BCUT2D eigenvalue weighted by molar-refractivity contribution is 0.126. The van der Waals surface area contributed by atoms with Gasteiger partial charge in [0.25, 0.3) is 0 Å². The van der Waals surface area contributed by atoms with Crippen molar-refractivity contribution in [2.45, 2.75) is 38.8 Å². The van der Waals surface area contributed by atoms with Gasteiger partial charge in [-0.15, -0.1) is 0 Å². The third-order valence-electron chi connectivity index (χ3n) is 3.92. The molecule has 1 aromatic rings. The highest BCUT2D eigenvalue weighted by Crippen LogP contribution is 2.28. The number of alkyl carbamates (subject to hydrolysis) is 1. The molecule has 3 atom stereocenters. The molecule has 1 aliphatic carbocycles. The molecule has 108 valence electrons. The van der Waals surface area contributed by atoms with Crippen LogP contribution in [0, 0.1) is 11.8 Å². The van der Waals surface area contributed by atoms with Gasteiger partial charge < -0.3 is 10.1 Å². The summed E-state index contributed by atoms with van der Waals surface area (Å²) in [6.45, 7) is 2.48. The Morgan fingerprint density at radius 3 is 2.80 bits per heavy atom. The van der Waals surface area contributed by atoms with Crippen LogP contribution in [-0.2, 0) is 11.3 Å². The fourth-order valence-electron chi connectivity index (χ4n) is 2.69. The maximum Gasteiger partial charge on any atom is 0.407 e. The van der Waals surface area contributed by atoms with Crippen LogP contribution in [0.25, 0.3) is 0 Å². The summed E-state index contributed by atoms with van der Waals surface area (Å²) in [5.41, 5.74) is 1.00. The number of amides is 1. The molecule has 1 aliphatic rings. The maximum atomic E-state index is 11.8. The smallest absolute Gasteiger partial charge is 0.407 e. The van der Waals surface area contributed by atoms with E-state index in [2.05, 4.69) is 12.2 Å². The maximum absolute atomic E-state index is 11.8. The number of carbonyl (C=O) groups excluding carboxylic acids is 1. The molecule has 0 aliphatic heterocycles. The highest BCUT2D eigenvalue weighted by Gasteiger charge is 2.27. The van der Waals surface area contributed by atoms with Gasteiger partial charge in [-0.05, 0) is 42.0 Å². The second-order valence-corrected chi connectivity index (χ2v) is 5.77. The second kappa shape index (κ2) is 7.39. The van der Waals surface area contributed by atoms with E-state index < -0.39 is 0 Å². The number of carbonyl (C=O) groups is 1. The Bertz CT molecular complexity index is 449. The first-order valence-electron chi connectivity index (χ1n) is 7.11. The average molecular weight is 291 g/mol. The molecule has 1 unspecified atom stereocenters. The lowest BCUT2D eigenvalue weighted by atomic mass is 9.80. The van der Waals surface area contributed by atoms with Crippen molar-refractivity contribution in [2.24, 2.45) is 11.8 Å². The van der Waals surface area contributed by atoms with Crippen LogP contribution in [0.1, 0.15) is 31.7 Å². The Morgan fingerprint density at radius 2 is 2.15 bits per heavy atom. The van der Waals surface area contributed by atoms with E-state index >= 15 is 0 Å². The lowest BCUT2D eigenvalue weighted by Crippen LogP contribution is -2.43. The van der Waals surface area contributed by atoms with Crippen LogP contribution in [0.4, 0.5) is 4.79 Å². The van der Waals surface area contributed by atoms with E-state index in [4.69, 9.17) is 17.0 Å². The fourth-order valence-corrected chi connectivity index (χ4v) is 2.94. The standard InChI is InChI=1S/C16H21NO2S/c1-12-9-14(11-20)7-8-15(12)17-16(18)19-10-13-5-3-2-4-6-13/h2-6,11-12,14-15H,7-10H2,1H3,(H,17,18)/t12-,14?,15+/m1/s1. The van der Waals surface area contributed by atoms with Gasteiger partial charge in [0.1, 0.15) is 6.61 Å². The van der Waals surface area contributed by atoms with Gasteiger partial charge in [0, 0.05) is 6.04 Å². The molecule has 2 rings (SSSR count). The molecule has 1 N–H and O–H groups in total. The van der Waals surface area contributed by atoms with Crippen LogP contribution in [0.15, 0.2) is 30.3 Å². The normalized spacial score (nSPS) is 25.8. The van der Waals surface area contributed by atoms with Crippen molar-refractivity contribution in [1.82, 2.24) is 5.32 Å². The van der Waals surface area contributed by atoms with E-state index in [1.807, 2.05) is 35.7 Å². The van der Waals surface area contributed by atoms with Crippen molar-refractivity contribution >= 4 is 23.7 Å². The molecule has 0 aromatic heterocycles. The zero-order valence-electron chi connectivity index (χ0n) is 11.7. The first kappa shape index (κ1) is 15.0.